The van der Waals surface area contributed by atoms with Crippen LogP contribution in [-0.2, 0) is 11.3 Å². The number of carbonyl (C=O) groups is 3. The number of methoxy groups -OCH3 is 1. The summed E-state index contributed by atoms with van der Waals surface area (Å²) in [7, 11) is 3.37. The second-order valence-electron chi connectivity index (χ2n) is 6.20. The first-order chi connectivity index (χ1) is 13.2. The molecule has 2 rings (SSSR count). The number of nitrogens with one attached hydrogen (secondary N) is 1. The van der Waals surface area contributed by atoms with E-state index in [2.05, 4.69) is 21.2 Å². The first-order valence-corrected chi connectivity index (χ1v) is 9.04. The third-order valence-electron chi connectivity index (χ3n) is 3.88. The largest absolute Gasteiger partial charge is 0.496 e. The van der Waals surface area contributed by atoms with E-state index in [1.165, 1.54) is 18.2 Å². The number of nitrogens with zero attached hydrogens (tertiary/aromatic N) is 1. The summed E-state index contributed by atoms with van der Waals surface area (Å²) in [6, 6.07) is 9.70. The minimum Gasteiger partial charge on any atom is -0.496 e. The van der Waals surface area contributed by atoms with Crippen molar-refractivity contribution in [3.63, 3.8) is 0 Å². The highest BCUT2D eigenvalue weighted by Gasteiger charge is 2.14. The highest BCUT2D eigenvalue weighted by Crippen LogP contribution is 2.24. The zero-order chi connectivity index (χ0) is 20.8. The number of amides is 3. The van der Waals surface area contributed by atoms with Gasteiger partial charge in [0.25, 0.3) is 0 Å². The number of nitrogens with two attached hydrogens (primary N) is 2. The van der Waals surface area contributed by atoms with E-state index in [0.717, 1.165) is 15.8 Å². The van der Waals surface area contributed by atoms with Crippen LogP contribution in [0.1, 0.15) is 26.3 Å². The minimum absolute atomic E-state index is 0.0718. The van der Waals surface area contributed by atoms with Gasteiger partial charge >= 0.3 is 0 Å². The van der Waals surface area contributed by atoms with Crippen LogP contribution in [0, 0.1) is 0 Å². The molecule has 0 saturated carbocycles. The Morgan fingerprint density at radius 2 is 1.68 bits per heavy atom. The Hall–Kier alpha value is -2.91. The quantitative estimate of drug-likeness (QED) is 0.566. The highest BCUT2D eigenvalue weighted by atomic mass is 79.9. The van der Waals surface area contributed by atoms with Gasteiger partial charge in [0.1, 0.15) is 5.75 Å². The van der Waals surface area contributed by atoms with Gasteiger partial charge in [0.2, 0.25) is 17.7 Å². The summed E-state index contributed by atoms with van der Waals surface area (Å²) in [5.41, 5.74) is 11.9. The summed E-state index contributed by atoms with van der Waals surface area (Å²) < 4.78 is 6.24. The fourth-order valence-electron chi connectivity index (χ4n) is 2.65. The third-order valence-corrected chi connectivity index (χ3v) is 4.38. The van der Waals surface area contributed by atoms with Crippen molar-refractivity contribution in [1.29, 1.82) is 0 Å². The van der Waals surface area contributed by atoms with E-state index >= 15 is 0 Å². The van der Waals surface area contributed by atoms with Crippen molar-refractivity contribution in [1.82, 2.24) is 4.90 Å². The number of hydrogen-bond acceptors (Lipinski definition) is 5. The number of halogens is 1. The minimum atomic E-state index is -0.725. The lowest BCUT2D eigenvalue weighted by Crippen LogP contribution is -2.30. The molecule has 0 fully saturated rings. The van der Waals surface area contributed by atoms with Gasteiger partial charge in [-0.3, -0.25) is 19.3 Å². The maximum atomic E-state index is 12.4. The van der Waals surface area contributed by atoms with E-state index in [0.29, 0.717) is 6.54 Å². The van der Waals surface area contributed by atoms with Crippen LogP contribution in [0.3, 0.4) is 0 Å². The number of anilines is 1. The molecule has 2 aromatic rings. The summed E-state index contributed by atoms with van der Waals surface area (Å²) in [5.74, 6) is -1.06. The molecule has 0 spiro atoms. The Bertz CT molecular complexity index is 885. The monoisotopic (exact) mass is 448 g/mol. The second-order valence-corrected chi connectivity index (χ2v) is 7.12. The smallest absolute Gasteiger partial charge is 0.248 e. The molecule has 2 aromatic carbocycles. The van der Waals surface area contributed by atoms with Crippen LogP contribution >= 0.6 is 15.9 Å². The Balaban J connectivity index is 2.08. The first kappa shape index (κ1) is 21.4. The van der Waals surface area contributed by atoms with Gasteiger partial charge in [-0.2, -0.15) is 0 Å². The molecule has 9 heteroatoms. The number of likely N-dealkylation sites (N-methyl/N-ethyl adjacent to an activating group) is 1. The molecule has 0 aliphatic heterocycles. The topological polar surface area (TPSA) is 128 Å². The average Bonchev–Trinajstić information content (AvgIpc) is 2.61. The van der Waals surface area contributed by atoms with Gasteiger partial charge in [0.15, 0.2) is 0 Å². The maximum Gasteiger partial charge on any atom is 0.248 e. The fourth-order valence-corrected chi connectivity index (χ4v) is 3.06. The molecule has 5 N–H and O–H groups in total. The normalized spacial score (nSPS) is 10.6. The molecule has 28 heavy (non-hydrogen) atoms. The predicted molar refractivity (Wildman–Crippen MR) is 109 cm³/mol. The lowest BCUT2D eigenvalue weighted by atomic mass is 10.1. The van der Waals surface area contributed by atoms with Crippen molar-refractivity contribution >= 4 is 39.3 Å². The van der Waals surface area contributed by atoms with Gasteiger partial charge in [-0.05, 0) is 43.4 Å². The summed E-state index contributed by atoms with van der Waals surface area (Å²) in [6.07, 6.45) is 0. The molecule has 0 unspecified atom stereocenters. The molecule has 0 aromatic heterocycles. The van der Waals surface area contributed by atoms with Crippen LogP contribution in [0.15, 0.2) is 40.9 Å². The van der Waals surface area contributed by atoms with E-state index in [4.69, 9.17) is 16.2 Å². The van der Waals surface area contributed by atoms with Gasteiger partial charge in [-0.1, -0.05) is 15.9 Å². The molecule has 3 amide bonds. The SMILES string of the molecule is COc1ccc(Br)cc1CN(C)CC(=O)Nc1cc(C(N)=O)cc(C(N)=O)c1. The second kappa shape index (κ2) is 9.34. The summed E-state index contributed by atoms with van der Waals surface area (Å²) >= 11 is 3.42. The Morgan fingerprint density at radius 1 is 1.07 bits per heavy atom. The number of hydrogen-bond donors (Lipinski definition) is 3. The summed E-state index contributed by atoms with van der Waals surface area (Å²) in [4.78, 5) is 37.0. The Kier molecular flexibility index (Phi) is 7.13. The lowest BCUT2D eigenvalue weighted by Gasteiger charge is -2.18. The van der Waals surface area contributed by atoms with Crippen LogP contribution < -0.4 is 21.5 Å². The molecule has 8 nitrogen and oxygen atoms in total. The van der Waals surface area contributed by atoms with Gasteiger partial charge in [0, 0.05) is 33.4 Å². The molecule has 0 saturated heterocycles. The van der Waals surface area contributed by atoms with Crippen LogP contribution in [0.5, 0.6) is 5.75 Å². The van der Waals surface area contributed by atoms with Crippen molar-refractivity contribution in [3.8, 4) is 5.75 Å². The van der Waals surface area contributed by atoms with Crippen molar-refractivity contribution in [2.24, 2.45) is 11.5 Å². The summed E-state index contributed by atoms with van der Waals surface area (Å²) in [5, 5.41) is 2.65. The number of carbonyl (C=O) groups excluding carboxylic acids is 3. The highest BCUT2D eigenvalue weighted by molar-refractivity contribution is 9.10. The lowest BCUT2D eigenvalue weighted by molar-refractivity contribution is -0.117. The van der Waals surface area contributed by atoms with E-state index in [-0.39, 0.29) is 29.3 Å². The van der Waals surface area contributed by atoms with Crippen LogP contribution in [-0.4, -0.2) is 43.3 Å². The maximum absolute atomic E-state index is 12.4. The molecule has 0 aliphatic rings. The fraction of sp³-hybridized carbons (Fsp3) is 0.211. The van der Waals surface area contributed by atoms with Crippen molar-refractivity contribution in [2.45, 2.75) is 6.54 Å². The number of rotatable bonds is 8. The van der Waals surface area contributed by atoms with Gasteiger partial charge < -0.3 is 21.5 Å². The van der Waals surface area contributed by atoms with Crippen LogP contribution in [0.4, 0.5) is 5.69 Å². The van der Waals surface area contributed by atoms with Crippen LogP contribution in [0.2, 0.25) is 0 Å². The van der Waals surface area contributed by atoms with Crippen molar-refractivity contribution in [2.75, 3.05) is 26.0 Å². The van der Waals surface area contributed by atoms with Crippen LogP contribution in [0.25, 0.3) is 0 Å². The number of primary amides is 2. The molecule has 0 atom stereocenters. The Labute approximate surface area is 170 Å². The molecule has 148 valence electrons. The molecular weight excluding hydrogens is 428 g/mol. The van der Waals surface area contributed by atoms with Crippen molar-refractivity contribution < 1.29 is 19.1 Å². The van der Waals surface area contributed by atoms with Crippen molar-refractivity contribution in [3.05, 3.63) is 57.6 Å². The zero-order valence-electron chi connectivity index (χ0n) is 15.5. The summed E-state index contributed by atoms with van der Waals surface area (Å²) in [6.45, 7) is 0.548. The molecule has 0 radical (unpaired) electrons. The number of benzene rings is 2. The average molecular weight is 449 g/mol. The Morgan fingerprint density at radius 3 is 2.21 bits per heavy atom. The molecule has 0 heterocycles. The first-order valence-electron chi connectivity index (χ1n) is 8.25. The predicted octanol–water partition coefficient (Wildman–Crippen LogP) is 1.73. The van der Waals surface area contributed by atoms with E-state index in [1.54, 1.807) is 19.1 Å². The molecular formula is C19H21BrN4O4. The van der Waals surface area contributed by atoms with Gasteiger partial charge in [-0.15, -0.1) is 0 Å². The van der Waals surface area contributed by atoms with E-state index < -0.39 is 11.8 Å². The number of ether oxygens (including phenoxy) is 1. The van der Waals surface area contributed by atoms with Gasteiger partial charge in [0.05, 0.1) is 13.7 Å². The van der Waals surface area contributed by atoms with E-state index in [9.17, 15) is 14.4 Å². The van der Waals surface area contributed by atoms with Gasteiger partial charge in [-0.25, -0.2) is 0 Å². The third kappa shape index (κ3) is 5.80. The standard InChI is InChI=1S/C19H21BrN4O4/c1-24(9-13-6-14(20)3-4-16(13)28-2)10-17(25)23-15-7-11(18(21)26)5-12(8-15)19(22)27/h3-8H,9-10H2,1-2H3,(H2,21,26)(H2,22,27)(H,23,25). The zero-order valence-corrected chi connectivity index (χ0v) is 17.1. The molecule has 0 aliphatic carbocycles. The van der Waals surface area contributed by atoms with E-state index in [1.807, 2.05) is 18.2 Å². The molecule has 0 bridgehead atoms.